The molecule has 1 N–H and O–H groups in total. The summed E-state index contributed by atoms with van der Waals surface area (Å²) in [6, 6.07) is 7.98. The topological polar surface area (TPSA) is 38.0 Å². The molecule has 1 aromatic heterocycles. The van der Waals surface area contributed by atoms with Crippen molar-refractivity contribution in [3.63, 3.8) is 0 Å². The van der Waals surface area contributed by atoms with Gasteiger partial charge in [-0.2, -0.15) is 5.10 Å². The molecule has 5 heteroatoms. The van der Waals surface area contributed by atoms with E-state index in [0.717, 1.165) is 27.7 Å². The van der Waals surface area contributed by atoms with Gasteiger partial charge in [-0.25, -0.2) is 4.68 Å². The van der Waals surface area contributed by atoms with Gasteiger partial charge in [0.1, 0.15) is 5.15 Å². The highest BCUT2D eigenvalue weighted by Gasteiger charge is 2.17. The second kappa shape index (κ2) is 6.74. The summed E-state index contributed by atoms with van der Waals surface area (Å²) in [6.07, 6.45) is 0.818. The fourth-order valence-corrected chi connectivity index (χ4v) is 2.80. The molecule has 0 fully saturated rings. The van der Waals surface area contributed by atoms with Crippen LogP contribution in [0.5, 0.6) is 0 Å². The Morgan fingerprint density at radius 2 is 2.05 bits per heavy atom. The zero-order chi connectivity index (χ0) is 14.7. The average Bonchev–Trinajstić information content (AvgIpc) is 2.67. The van der Waals surface area contributed by atoms with Gasteiger partial charge in [0.2, 0.25) is 0 Å². The summed E-state index contributed by atoms with van der Waals surface area (Å²) in [5.41, 5.74) is 2.74. The van der Waals surface area contributed by atoms with Crippen molar-refractivity contribution in [1.29, 1.82) is 0 Å². The maximum absolute atomic E-state index is 9.50. The first-order valence-corrected chi connectivity index (χ1v) is 7.78. The number of hydrogen-bond donors (Lipinski definition) is 1. The maximum Gasteiger partial charge on any atom is 0.133 e. The van der Waals surface area contributed by atoms with Crippen LogP contribution in [0.1, 0.15) is 30.7 Å². The quantitative estimate of drug-likeness (QED) is 0.877. The number of benzene rings is 1. The van der Waals surface area contributed by atoms with Crippen LogP contribution in [0.15, 0.2) is 28.7 Å². The van der Waals surface area contributed by atoms with Gasteiger partial charge in [0.05, 0.1) is 18.8 Å². The SMILES string of the molecule is CC(C)Cc1nn(Cc2ccccc2Br)c(Cl)c1CO. The van der Waals surface area contributed by atoms with Crippen LogP contribution in [-0.2, 0) is 19.6 Å². The second-order valence-electron chi connectivity index (χ2n) is 5.22. The van der Waals surface area contributed by atoms with E-state index >= 15 is 0 Å². The minimum absolute atomic E-state index is 0.0726. The van der Waals surface area contributed by atoms with Crippen LogP contribution < -0.4 is 0 Å². The first-order valence-electron chi connectivity index (χ1n) is 6.61. The Bertz CT molecular complexity index is 596. The molecule has 0 saturated carbocycles. The molecule has 0 aliphatic heterocycles. The van der Waals surface area contributed by atoms with Crippen LogP contribution in [-0.4, -0.2) is 14.9 Å². The Kier molecular flexibility index (Phi) is 5.24. The molecule has 2 aromatic rings. The van der Waals surface area contributed by atoms with E-state index in [4.69, 9.17) is 11.6 Å². The maximum atomic E-state index is 9.50. The number of aromatic nitrogens is 2. The number of aliphatic hydroxyl groups is 1. The third-order valence-electron chi connectivity index (χ3n) is 3.10. The summed E-state index contributed by atoms with van der Waals surface area (Å²) >= 11 is 9.87. The molecule has 0 aliphatic rings. The van der Waals surface area contributed by atoms with Gasteiger partial charge < -0.3 is 5.11 Å². The van der Waals surface area contributed by atoms with Crippen LogP contribution in [0.3, 0.4) is 0 Å². The Morgan fingerprint density at radius 1 is 1.35 bits per heavy atom. The fourth-order valence-electron chi connectivity index (χ4n) is 2.12. The molecule has 0 amide bonds. The molecule has 0 atom stereocenters. The zero-order valence-corrected chi connectivity index (χ0v) is 13.9. The van der Waals surface area contributed by atoms with Crippen molar-refractivity contribution in [2.75, 3.05) is 0 Å². The molecule has 0 unspecified atom stereocenters. The molecular weight excluding hydrogens is 340 g/mol. The van der Waals surface area contributed by atoms with Crippen LogP contribution in [0, 0.1) is 5.92 Å². The van der Waals surface area contributed by atoms with E-state index in [1.807, 2.05) is 24.3 Å². The van der Waals surface area contributed by atoms with Crippen LogP contribution >= 0.6 is 27.5 Å². The monoisotopic (exact) mass is 356 g/mol. The number of rotatable bonds is 5. The molecule has 3 nitrogen and oxygen atoms in total. The zero-order valence-electron chi connectivity index (χ0n) is 11.6. The first kappa shape index (κ1) is 15.5. The summed E-state index contributed by atoms with van der Waals surface area (Å²) in [6.45, 7) is 4.77. The van der Waals surface area contributed by atoms with Crippen molar-refractivity contribution in [3.8, 4) is 0 Å². The Balaban J connectivity index is 2.33. The summed E-state index contributed by atoms with van der Waals surface area (Å²) in [5.74, 6) is 0.475. The van der Waals surface area contributed by atoms with Crippen molar-refractivity contribution in [2.24, 2.45) is 5.92 Å². The van der Waals surface area contributed by atoms with Gasteiger partial charge in [0, 0.05) is 10.0 Å². The molecule has 0 saturated heterocycles. The Morgan fingerprint density at radius 3 is 2.65 bits per heavy atom. The molecule has 108 valence electrons. The number of hydrogen-bond acceptors (Lipinski definition) is 2. The minimum atomic E-state index is -0.0726. The Hall–Kier alpha value is -0.840. The molecule has 0 radical (unpaired) electrons. The van der Waals surface area contributed by atoms with Gasteiger partial charge in [-0.1, -0.05) is 59.6 Å². The molecule has 0 bridgehead atoms. The smallest absolute Gasteiger partial charge is 0.133 e. The number of nitrogens with zero attached hydrogens (tertiary/aromatic N) is 2. The van der Waals surface area contributed by atoms with Crippen molar-refractivity contribution in [2.45, 2.75) is 33.4 Å². The van der Waals surface area contributed by atoms with Gasteiger partial charge in [-0.05, 0) is 24.0 Å². The highest BCUT2D eigenvalue weighted by molar-refractivity contribution is 9.10. The molecule has 1 heterocycles. The van der Waals surface area contributed by atoms with Crippen molar-refractivity contribution in [3.05, 3.63) is 50.7 Å². The molecule has 20 heavy (non-hydrogen) atoms. The van der Waals surface area contributed by atoms with Gasteiger partial charge in [-0.3, -0.25) is 0 Å². The second-order valence-corrected chi connectivity index (χ2v) is 6.43. The summed E-state index contributed by atoms with van der Waals surface area (Å²) < 4.78 is 2.78. The van der Waals surface area contributed by atoms with Crippen LogP contribution in [0.4, 0.5) is 0 Å². The van der Waals surface area contributed by atoms with E-state index in [-0.39, 0.29) is 6.61 Å². The number of aliphatic hydroxyl groups excluding tert-OH is 1. The van der Waals surface area contributed by atoms with Crippen LogP contribution in [0.2, 0.25) is 5.15 Å². The van der Waals surface area contributed by atoms with E-state index in [0.29, 0.717) is 17.6 Å². The van der Waals surface area contributed by atoms with E-state index < -0.39 is 0 Å². The van der Waals surface area contributed by atoms with E-state index in [1.165, 1.54) is 0 Å². The highest BCUT2D eigenvalue weighted by Crippen LogP contribution is 2.25. The predicted octanol–water partition coefficient (Wildman–Crippen LogP) is 4.04. The van der Waals surface area contributed by atoms with E-state index in [1.54, 1.807) is 4.68 Å². The first-order chi connectivity index (χ1) is 9.52. The number of halogens is 2. The third-order valence-corrected chi connectivity index (χ3v) is 4.30. The average molecular weight is 358 g/mol. The van der Waals surface area contributed by atoms with E-state index in [2.05, 4.69) is 34.9 Å². The summed E-state index contributed by atoms with van der Waals surface area (Å²) in [4.78, 5) is 0. The summed E-state index contributed by atoms with van der Waals surface area (Å²) in [7, 11) is 0. The minimum Gasteiger partial charge on any atom is -0.391 e. The lowest BCUT2D eigenvalue weighted by atomic mass is 10.1. The molecule has 0 spiro atoms. The molecule has 1 aromatic carbocycles. The molecular formula is C15H18BrClN2O. The van der Waals surface area contributed by atoms with Gasteiger partial charge in [-0.15, -0.1) is 0 Å². The van der Waals surface area contributed by atoms with Crippen molar-refractivity contribution in [1.82, 2.24) is 9.78 Å². The van der Waals surface area contributed by atoms with Gasteiger partial charge in [0.25, 0.3) is 0 Å². The Labute approximate surface area is 132 Å². The van der Waals surface area contributed by atoms with Crippen molar-refractivity contribution >= 4 is 27.5 Å². The molecule has 2 rings (SSSR count). The third kappa shape index (κ3) is 3.43. The predicted molar refractivity (Wildman–Crippen MR) is 84.9 cm³/mol. The van der Waals surface area contributed by atoms with E-state index in [9.17, 15) is 5.11 Å². The lowest BCUT2D eigenvalue weighted by Crippen LogP contribution is -2.04. The van der Waals surface area contributed by atoms with Crippen molar-refractivity contribution < 1.29 is 5.11 Å². The fraction of sp³-hybridized carbons (Fsp3) is 0.400. The largest absolute Gasteiger partial charge is 0.391 e. The van der Waals surface area contributed by atoms with Gasteiger partial charge in [0.15, 0.2) is 0 Å². The van der Waals surface area contributed by atoms with Crippen LogP contribution in [0.25, 0.3) is 0 Å². The summed E-state index contributed by atoms with van der Waals surface area (Å²) in [5, 5.41) is 14.6. The van der Waals surface area contributed by atoms with Gasteiger partial charge >= 0.3 is 0 Å². The standard InChI is InChI=1S/C15H18BrClN2O/c1-10(2)7-14-12(9-20)15(17)19(18-14)8-11-5-3-4-6-13(11)16/h3-6,10,20H,7-9H2,1-2H3. The lowest BCUT2D eigenvalue weighted by Gasteiger charge is -2.06. The normalized spacial score (nSPS) is 11.3. The lowest BCUT2D eigenvalue weighted by molar-refractivity contribution is 0.280. The highest BCUT2D eigenvalue weighted by atomic mass is 79.9. The molecule has 0 aliphatic carbocycles.